The monoisotopic (exact) mass is 481 g/mol. The van der Waals surface area contributed by atoms with E-state index in [2.05, 4.69) is 4.72 Å². The quantitative estimate of drug-likeness (QED) is 0.430. The minimum absolute atomic E-state index is 0.0631. The number of amides is 1. The molecule has 1 aliphatic heterocycles. The number of hydrogen-bond acceptors (Lipinski definition) is 6. The number of piperidine rings is 1. The van der Waals surface area contributed by atoms with E-state index in [4.69, 9.17) is 9.40 Å². The zero-order chi connectivity index (χ0) is 22.8. The first-order chi connectivity index (χ1) is 16.0. The number of aromatic nitrogens is 1. The Hall–Kier alpha value is -3.01. The highest BCUT2D eigenvalue weighted by Crippen LogP contribution is 2.36. The maximum absolute atomic E-state index is 13.4. The van der Waals surface area contributed by atoms with Crippen LogP contribution in [0, 0.1) is 0 Å². The van der Waals surface area contributed by atoms with Gasteiger partial charge in [-0.2, -0.15) is 0 Å². The lowest BCUT2D eigenvalue weighted by Crippen LogP contribution is -2.38. The molecule has 4 aromatic rings. The van der Waals surface area contributed by atoms with Crippen molar-refractivity contribution in [2.24, 2.45) is 0 Å². The smallest absolute Gasteiger partial charge is 0.254 e. The summed E-state index contributed by atoms with van der Waals surface area (Å²) in [6.07, 6.45) is 4.35. The second-order valence-corrected chi connectivity index (χ2v) is 10.8. The molecule has 2 aromatic heterocycles. The highest BCUT2D eigenvalue weighted by Gasteiger charge is 2.31. The lowest BCUT2D eigenvalue weighted by atomic mass is 10.0. The lowest BCUT2D eigenvalue weighted by Gasteiger charge is -2.34. The van der Waals surface area contributed by atoms with Crippen LogP contribution in [-0.4, -0.2) is 30.8 Å². The van der Waals surface area contributed by atoms with E-state index in [0.717, 1.165) is 34.5 Å². The van der Waals surface area contributed by atoms with Crippen molar-refractivity contribution in [3.05, 3.63) is 83.3 Å². The zero-order valence-corrected chi connectivity index (χ0v) is 19.4. The molecule has 0 saturated carbocycles. The molecule has 170 valence electrons. The minimum Gasteiger partial charge on any atom is -0.468 e. The summed E-state index contributed by atoms with van der Waals surface area (Å²) in [5, 5.41) is 0.950. The molecular weight excluding hydrogens is 458 g/mol. The number of nitrogens with zero attached hydrogens (tertiary/aromatic N) is 2. The van der Waals surface area contributed by atoms with Crippen molar-refractivity contribution >= 4 is 37.5 Å². The molecule has 1 aliphatic rings. The number of para-hydroxylation sites is 1. The predicted octanol–water partition coefficient (Wildman–Crippen LogP) is 4.74. The van der Waals surface area contributed by atoms with Crippen molar-refractivity contribution in [3.63, 3.8) is 0 Å². The van der Waals surface area contributed by atoms with Gasteiger partial charge in [-0.1, -0.05) is 12.1 Å². The van der Waals surface area contributed by atoms with Crippen LogP contribution in [0.5, 0.6) is 0 Å². The molecule has 33 heavy (non-hydrogen) atoms. The van der Waals surface area contributed by atoms with E-state index in [0.29, 0.717) is 17.9 Å². The summed E-state index contributed by atoms with van der Waals surface area (Å²) >= 11 is 1.63. The van der Waals surface area contributed by atoms with Gasteiger partial charge < -0.3 is 9.32 Å². The SMILES string of the molecule is O=C(c1ccc(S(=O)(=O)NCc2ccco2)cc1)N1CCCCC1c1nc2ccccc2s1. The summed E-state index contributed by atoms with van der Waals surface area (Å²) in [6, 6.07) is 17.4. The molecule has 1 fully saturated rings. The Kier molecular flexibility index (Phi) is 6.01. The van der Waals surface area contributed by atoms with E-state index in [1.807, 2.05) is 29.2 Å². The Morgan fingerprint density at radius 1 is 1.09 bits per heavy atom. The van der Waals surface area contributed by atoms with Gasteiger partial charge >= 0.3 is 0 Å². The van der Waals surface area contributed by atoms with Gasteiger partial charge in [0.1, 0.15) is 10.8 Å². The molecule has 7 nitrogen and oxygen atoms in total. The number of fused-ring (bicyclic) bond motifs is 1. The van der Waals surface area contributed by atoms with Crippen molar-refractivity contribution in [2.45, 2.75) is 36.7 Å². The second kappa shape index (κ2) is 9.09. The Morgan fingerprint density at radius 2 is 1.91 bits per heavy atom. The van der Waals surface area contributed by atoms with Crippen LogP contribution in [0.3, 0.4) is 0 Å². The van der Waals surface area contributed by atoms with E-state index < -0.39 is 10.0 Å². The van der Waals surface area contributed by atoms with Crippen LogP contribution < -0.4 is 4.72 Å². The van der Waals surface area contributed by atoms with Gasteiger partial charge in [-0.15, -0.1) is 11.3 Å². The molecule has 2 aromatic carbocycles. The van der Waals surface area contributed by atoms with Crippen LogP contribution in [-0.2, 0) is 16.6 Å². The Morgan fingerprint density at radius 3 is 2.67 bits per heavy atom. The molecule has 0 aliphatic carbocycles. The van der Waals surface area contributed by atoms with Crippen LogP contribution in [0.25, 0.3) is 10.2 Å². The molecule has 0 radical (unpaired) electrons. The molecular formula is C24H23N3O4S2. The Balaban J connectivity index is 1.34. The molecule has 3 heterocycles. The van der Waals surface area contributed by atoms with Crippen molar-refractivity contribution in [1.82, 2.24) is 14.6 Å². The van der Waals surface area contributed by atoms with Crippen LogP contribution >= 0.6 is 11.3 Å². The molecule has 0 bridgehead atoms. The molecule has 5 rings (SSSR count). The Labute approximate surface area is 196 Å². The minimum atomic E-state index is -3.72. The number of furan rings is 1. The van der Waals surface area contributed by atoms with Gasteiger partial charge in [-0.3, -0.25) is 4.79 Å². The molecule has 1 unspecified atom stereocenters. The van der Waals surface area contributed by atoms with E-state index in [1.54, 1.807) is 35.6 Å². The van der Waals surface area contributed by atoms with Crippen LogP contribution in [0.4, 0.5) is 0 Å². The third-order valence-electron chi connectivity index (χ3n) is 5.79. The van der Waals surface area contributed by atoms with E-state index in [9.17, 15) is 13.2 Å². The number of carbonyl (C=O) groups excluding carboxylic acids is 1. The Bertz CT molecular complexity index is 1330. The topological polar surface area (TPSA) is 92.5 Å². The first-order valence-corrected chi connectivity index (χ1v) is 13.1. The van der Waals surface area contributed by atoms with Crippen molar-refractivity contribution in [3.8, 4) is 0 Å². The van der Waals surface area contributed by atoms with Crippen molar-refractivity contribution in [2.75, 3.05) is 6.54 Å². The molecule has 1 N–H and O–H groups in total. The zero-order valence-electron chi connectivity index (χ0n) is 17.8. The van der Waals surface area contributed by atoms with Crippen LogP contribution in [0.2, 0.25) is 0 Å². The second-order valence-electron chi connectivity index (χ2n) is 7.96. The van der Waals surface area contributed by atoms with Gasteiger partial charge in [0.25, 0.3) is 5.91 Å². The van der Waals surface area contributed by atoms with Gasteiger partial charge in [0.05, 0.1) is 34.0 Å². The van der Waals surface area contributed by atoms with Crippen molar-refractivity contribution in [1.29, 1.82) is 0 Å². The van der Waals surface area contributed by atoms with Gasteiger partial charge in [0.2, 0.25) is 10.0 Å². The van der Waals surface area contributed by atoms with Gasteiger partial charge in [0, 0.05) is 12.1 Å². The summed E-state index contributed by atoms with van der Waals surface area (Å²) in [5.41, 5.74) is 1.42. The van der Waals surface area contributed by atoms with Gasteiger partial charge in [-0.05, 0) is 67.8 Å². The van der Waals surface area contributed by atoms with E-state index in [-0.39, 0.29) is 23.4 Å². The number of likely N-dealkylation sites (tertiary alicyclic amines) is 1. The predicted molar refractivity (Wildman–Crippen MR) is 126 cm³/mol. The number of sulfonamides is 1. The van der Waals surface area contributed by atoms with Crippen molar-refractivity contribution < 1.29 is 17.6 Å². The fourth-order valence-corrected chi connectivity index (χ4v) is 6.18. The highest BCUT2D eigenvalue weighted by molar-refractivity contribution is 7.89. The lowest BCUT2D eigenvalue weighted by molar-refractivity contribution is 0.0611. The maximum Gasteiger partial charge on any atom is 0.254 e. The average molecular weight is 482 g/mol. The third kappa shape index (κ3) is 4.57. The summed E-state index contributed by atoms with van der Waals surface area (Å²) < 4.78 is 33.9. The van der Waals surface area contributed by atoms with E-state index in [1.165, 1.54) is 18.4 Å². The van der Waals surface area contributed by atoms with Crippen LogP contribution in [0.1, 0.15) is 46.4 Å². The molecule has 1 amide bonds. The number of nitrogens with one attached hydrogen (secondary N) is 1. The molecule has 9 heteroatoms. The largest absolute Gasteiger partial charge is 0.468 e. The average Bonchev–Trinajstić information content (AvgIpc) is 3.52. The highest BCUT2D eigenvalue weighted by atomic mass is 32.2. The summed E-state index contributed by atoms with van der Waals surface area (Å²) in [7, 11) is -3.72. The fourth-order valence-electron chi connectivity index (χ4n) is 4.07. The third-order valence-corrected chi connectivity index (χ3v) is 8.34. The van der Waals surface area contributed by atoms with Crippen LogP contribution in [0.15, 0.2) is 76.2 Å². The number of thiazole rings is 1. The van der Waals surface area contributed by atoms with Gasteiger partial charge in [-0.25, -0.2) is 18.1 Å². The first-order valence-electron chi connectivity index (χ1n) is 10.8. The summed E-state index contributed by atoms with van der Waals surface area (Å²) in [4.78, 5) is 20.1. The molecule has 0 spiro atoms. The summed E-state index contributed by atoms with van der Waals surface area (Å²) in [6.45, 7) is 0.720. The number of carbonyl (C=O) groups is 1. The molecule has 1 atom stereocenters. The first kappa shape index (κ1) is 21.8. The normalized spacial score (nSPS) is 16.8. The standard InChI is InChI=1S/C24H23N3O4S2/c28-24(17-10-12-19(13-11-17)33(29,30)25-16-18-6-5-15-31-18)27-14-4-3-8-21(27)23-26-20-7-1-2-9-22(20)32-23/h1-2,5-7,9-13,15,21,25H,3-4,8,14,16H2. The fraction of sp³-hybridized carbons (Fsp3) is 0.250. The summed E-state index contributed by atoms with van der Waals surface area (Å²) in [5.74, 6) is 0.419. The molecule has 1 saturated heterocycles. The van der Waals surface area contributed by atoms with Gasteiger partial charge in [0.15, 0.2) is 0 Å². The maximum atomic E-state index is 13.4. The number of benzene rings is 2. The van der Waals surface area contributed by atoms with E-state index >= 15 is 0 Å². The number of hydrogen-bond donors (Lipinski definition) is 1. The number of rotatable bonds is 6.